The number of rotatable bonds is 3. The standard InChI is InChI=1S/C13H10IO2/c15-13(16)11-8-4-5-9-12(11)14-10-6-2-1-3-7-10/h1-9H,(H,15,16)/q-1. The summed E-state index contributed by atoms with van der Waals surface area (Å²) in [5.41, 5.74) is 0.430. The van der Waals surface area contributed by atoms with E-state index in [1.54, 1.807) is 12.1 Å². The van der Waals surface area contributed by atoms with Crippen LogP contribution in [0, 0.1) is 7.14 Å². The first-order valence-corrected chi connectivity index (χ1v) is 6.95. The molecule has 2 nitrogen and oxygen atoms in total. The normalized spacial score (nSPS) is 10.2. The molecule has 0 bridgehead atoms. The third-order valence-corrected chi connectivity index (χ3v) is 4.91. The molecule has 0 fully saturated rings. The first-order chi connectivity index (χ1) is 7.77. The maximum atomic E-state index is 11.0. The summed E-state index contributed by atoms with van der Waals surface area (Å²) in [4.78, 5) is 11.0. The fourth-order valence-corrected chi connectivity index (χ4v) is 3.85. The van der Waals surface area contributed by atoms with Crippen molar-refractivity contribution in [1.82, 2.24) is 0 Å². The van der Waals surface area contributed by atoms with Crippen molar-refractivity contribution in [2.45, 2.75) is 0 Å². The van der Waals surface area contributed by atoms with Gasteiger partial charge >= 0.3 is 104 Å². The Kier molecular flexibility index (Phi) is 3.56. The molecule has 16 heavy (non-hydrogen) atoms. The van der Waals surface area contributed by atoms with Crippen molar-refractivity contribution in [1.29, 1.82) is 0 Å². The molecule has 3 heteroatoms. The van der Waals surface area contributed by atoms with Crippen LogP contribution in [-0.4, -0.2) is 11.1 Å². The van der Waals surface area contributed by atoms with E-state index in [0.717, 1.165) is 3.57 Å². The molecule has 0 saturated carbocycles. The van der Waals surface area contributed by atoms with Crippen LogP contribution in [0.4, 0.5) is 0 Å². The molecule has 2 aromatic rings. The van der Waals surface area contributed by atoms with E-state index in [9.17, 15) is 4.79 Å². The van der Waals surface area contributed by atoms with Gasteiger partial charge in [-0.15, -0.1) is 0 Å². The Labute approximate surface area is 104 Å². The Morgan fingerprint density at radius 2 is 1.56 bits per heavy atom. The molecule has 2 aromatic carbocycles. The Balaban J connectivity index is 2.31. The number of carboxylic acids is 1. The van der Waals surface area contributed by atoms with E-state index in [1.165, 1.54) is 3.57 Å². The Bertz CT molecular complexity index is 494. The number of halogens is 1. The van der Waals surface area contributed by atoms with Crippen molar-refractivity contribution in [2.24, 2.45) is 0 Å². The summed E-state index contributed by atoms with van der Waals surface area (Å²) in [6, 6.07) is 17.3. The minimum absolute atomic E-state index is 0.407. The summed E-state index contributed by atoms with van der Waals surface area (Å²) in [6.45, 7) is 0. The van der Waals surface area contributed by atoms with Gasteiger partial charge in [-0.25, -0.2) is 0 Å². The predicted octanol–water partition coefficient (Wildman–Crippen LogP) is -0.487. The zero-order valence-electron chi connectivity index (χ0n) is 8.43. The SMILES string of the molecule is O=C(O)c1ccccc1[I-]c1ccccc1. The summed E-state index contributed by atoms with van der Waals surface area (Å²) in [5, 5.41) is 9.06. The van der Waals surface area contributed by atoms with E-state index >= 15 is 0 Å². The molecule has 0 aromatic heterocycles. The Morgan fingerprint density at radius 3 is 2.25 bits per heavy atom. The number of hydrogen-bond acceptors (Lipinski definition) is 1. The van der Waals surface area contributed by atoms with E-state index in [2.05, 4.69) is 0 Å². The van der Waals surface area contributed by atoms with Crippen LogP contribution < -0.4 is 21.2 Å². The van der Waals surface area contributed by atoms with Gasteiger partial charge in [0.2, 0.25) is 0 Å². The number of hydrogen-bond donors (Lipinski definition) is 1. The van der Waals surface area contributed by atoms with Crippen LogP contribution in [0.25, 0.3) is 0 Å². The number of aromatic carboxylic acids is 1. The van der Waals surface area contributed by atoms with Crippen molar-refractivity contribution in [3.05, 3.63) is 67.3 Å². The molecule has 0 radical (unpaired) electrons. The summed E-state index contributed by atoms with van der Waals surface area (Å²) in [7, 11) is 0. The molecule has 82 valence electrons. The quantitative estimate of drug-likeness (QED) is 0.774. The summed E-state index contributed by atoms with van der Waals surface area (Å²) < 4.78 is 2.19. The minimum atomic E-state index is -0.841. The molecular weight excluding hydrogens is 315 g/mol. The molecule has 0 aliphatic heterocycles. The molecule has 0 aliphatic carbocycles. The van der Waals surface area contributed by atoms with E-state index < -0.39 is 27.2 Å². The average molecular weight is 325 g/mol. The van der Waals surface area contributed by atoms with Crippen LogP contribution in [0.1, 0.15) is 10.4 Å². The second-order valence-corrected chi connectivity index (χ2v) is 6.12. The zero-order chi connectivity index (χ0) is 11.4. The molecular formula is C13H10IO2-. The first-order valence-electron chi connectivity index (χ1n) is 4.79. The van der Waals surface area contributed by atoms with Crippen molar-refractivity contribution in [3.8, 4) is 0 Å². The topological polar surface area (TPSA) is 37.3 Å². The first kappa shape index (κ1) is 11.1. The third kappa shape index (κ3) is 2.61. The summed E-state index contributed by atoms with van der Waals surface area (Å²) in [5.74, 6) is -0.841. The monoisotopic (exact) mass is 325 g/mol. The van der Waals surface area contributed by atoms with E-state index in [4.69, 9.17) is 5.11 Å². The molecule has 0 saturated heterocycles. The van der Waals surface area contributed by atoms with Gasteiger partial charge < -0.3 is 0 Å². The fourth-order valence-electron chi connectivity index (χ4n) is 1.31. The van der Waals surface area contributed by atoms with Crippen molar-refractivity contribution in [2.75, 3.05) is 0 Å². The van der Waals surface area contributed by atoms with Gasteiger partial charge in [-0.3, -0.25) is 0 Å². The zero-order valence-corrected chi connectivity index (χ0v) is 10.6. The van der Waals surface area contributed by atoms with Gasteiger partial charge in [-0.2, -0.15) is 0 Å². The van der Waals surface area contributed by atoms with Crippen LogP contribution in [0.3, 0.4) is 0 Å². The Hall–Kier alpha value is -1.36. The van der Waals surface area contributed by atoms with Crippen molar-refractivity contribution >= 4 is 5.97 Å². The van der Waals surface area contributed by atoms with Gasteiger partial charge in [0.05, 0.1) is 0 Å². The van der Waals surface area contributed by atoms with Crippen LogP contribution in [0.2, 0.25) is 0 Å². The van der Waals surface area contributed by atoms with Gasteiger partial charge in [-0.1, -0.05) is 0 Å². The second-order valence-electron chi connectivity index (χ2n) is 3.18. The average Bonchev–Trinajstić information content (AvgIpc) is 2.31. The van der Waals surface area contributed by atoms with E-state index in [-0.39, 0.29) is 0 Å². The molecule has 0 aliphatic rings. The number of benzene rings is 2. The number of carboxylic acid groups (broad SMARTS) is 1. The maximum absolute atomic E-state index is 11.0. The van der Waals surface area contributed by atoms with Gasteiger partial charge in [0, 0.05) is 0 Å². The Morgan fingerprint density at radius 1 is 0.938 bits per heavy atom. The molecule has 0 atom stereocenters. The van der Waals surface area contributed by atoms with Crippen LogP contribution in [0.15, 0.2) is 54.6 Å². The third-order valence-electron chi connectivity index (χ3n) is 2.05. The fraction of sp³-hybridized carbons (Fsp3) is 0. The van der Waals surface area contributed by atoms with Crippen LogP contribution >= 0.6 is 0 Å². The van der Waals surface area contributed by atoms with Crippen molar-refractivity contribution < 1.29 is 31.1 Å². The van der Waals surface area contributed by atoms with Gasteiger partial charge in [0.25, 0.3) is 0 Å². The van der Waals surface area contributed by atoms with Crippen molar-refractivity contribution in [3.63, 3.8) is 0 Å². The van der Waals surface area contributed by atoms with E-state index in [0.29, 0.717) is 5.56 Å². The van der Waals surface area contributed by atoms with Gasteiger partial charge in [-0.05, 0) is 0 Å². The molecule has 1 N–H and O–H groups in total. The van der Waals surface area contributed by atoms with Gasteiger partial charge in [0.15, 0.2) is 0 Å². The molecule has 2 rings (SSSR count). The van der Waals surface area contributed by atoms with Crippen LogP contribution in [-0.2, 0) is 0 Å². The number of carbonyl (C=O) groups is 1. The second kappa shape index (κ2) is 5.12. The van der Waals surface area contributed by atoms with Crippen LogP contribution in [0.5, 0.6) is 0 Å². The molecule has 0 unspecified atom stereocenters. The summed E-state index contributed by atoms with van der Waals surface area (Å²) in [6.07, 6.45) is 0. The van der Waals surface area contributed by atoms with Gasteiger partial charge in [0.1, 0.15) is 0 Å². The molecule has 0 spiro atoms. The molecule has 0 amide bonds. The van der Waals surface area contributed by atoms with E-state index in [1.807, 2.05) is 42.5 Å². The molecule has 0 heterocycles. The summed E-state index contributed by atoms with van der Waals surface area (Å²) >= 11 is -0.407. The predicted molar refractivity (Wildman–Crippen MR) is 57.2 cm³/mol.